The van der Waals surface area contributed by atoms with E-state index in [1.165, 1.54) is 0 Å². The lowest BCUT2D eigenvalue weighted by molar-refractivity contribution is -0.153. The van der Waals surface area contributed by atoms with Gasteiger partial charge >= 0.3 is 0 Å². The third-order valence-corrected chi connectivity index (χ3v) is 4.29. The lowest BCUT2D eigenvalue weighted by Gasteiger charge is -2.20. The first-order valence-electron chi connectivity index (χ1n) is 6.76. The standard InChI is InChI=1S/C13H15ClN4O2/c1-13(2)19-8-4-3-7(9(8)20-13)11-16-17-12-10(14)15-5-6-18(11)12/h5-9H,3-4H2,1-2H3/t7-,8-,9+/m1/s1. The van der Waals surface area contributed by atoms with Crippen LogP contribution in [0.3, 0.4) is 0 Å². The number of aromatic nitrogens is 4. The van der Waals surface area contributed by atoms with Crippen molar-refractivity contribution in [1.29, 1.82) is 0 Å². The first-order valence-corrected chi connectivity index (χ1v) is 7.14. The molecule has 0 unspecified atom stereocenters. The predicted molar refractivity (Wildman–Crippen MR) is 71.6 cm³/mol. The van der Waals surface area contributed by atoms with Gasteiger partial charge in [0.1, 0.15) is 5.82 Å². The summed E-state index contributed by atoms with van der Waals surface area (Å²) in [5.74, 6) is 0.529. The highest BCUT2D eigenvalue weighted by Crippen LogP contribution is 2.45. The maximum Gasteiger partial charge on any atom is 0.198 e. The Labute approximate surface area is 121 Å². The molecule has 2 aromatic rings. The van der Waals surface area contributed by atoms with Gasteiger partial charge in [0, 0.05) is 18.3 Å². The van der Waals surface area contributed by atoms with Gasteiger partial charge in [-0.05, 0) is 26.7 Å². The summed E-state index contributed by atoms with van der Waals surface area (Å²) in [7, 11) is 0. The normalized spacial score (nSPS) is 31.9. The lowest BCUT2D eigenvalue weighted by Crippen LogP contribution is -2.25. The van der Waals surface area contributed by atoms with E-state index in [1.807, 2.05) is 24.4 Å². The highest BCUT2D eigenvalue weighted by atomic mass is 35.5. The Kier molecular flexibility index (Phi) is 2.58. The quantitative estimate of drug-likeness (QED) is 0.807. The molecule has 20 heavy (non-hydrogen) atoms. The molecule has 6 nitrogen and oxygen atoms in total. The van der Waals surface area contributed by atoms with Gasteiger partial charge in [0.15, 0.2) is 16.6 Å². The van der Waals surface area contributed by atoms with Gasteiger partial charge in [0.05, 0.1) is 12.2 Å². The molecule has 0 radical (unpaired) electrons. The van der Waals surface area contributed by atoms with Crippen LogP contribution in [0.25, 0.3) is 5.65 Å². The summed E-state index contributed by atoms with van der Waals surface area (Å²) in [6.45, 7) is 3.90. The van der Waals surface area contributed by atoms with E-state index in [4.69, 9.17) is 21.1 Å². The Morgan fingerprint density at radius 3 is 3.00 bits per heavy atom. The molecule has 2 fully saturated rings. The molecule has 0 N–H and O–H groups in total. The molecule has 3 atom stereocenters. The second-order valence-electron chi connectivity index (χ2n) is 5.79. The molecule has 106 valence electrons. The van der Waals surface area contributed by atoms with Gasteiger partial charge in [0.2, 0.25) is 0 Å². The largest absolute Gasteiger partial charge is 0.345 e. The van der Waals surface area contributed by atoms with E-state index in [9.17, 15) is 0 Å². The summed E-state index contributed by atoms with van der Waals surface area (Å²) in [5, 5.41) is 8.80. The third-order valence-electron chi connectivity index (χ3n) is 4.02. The average Bonchev–Trinajstić information content (AvgIpc) is 3.01. The minimum absolute atomic E-state index is 0.0318. The van der Waals surface area contributed by atoms with Crippen molar-refractivity contribution in [2.75, 3.05) is 0 Å². The average molecular weight is 295 g/mol. The van der Waals surface area contributed by atoms with Crippen LogP contribution in [0.5, 0.6) is 0 Å². The Morgan fingerprint density at radius 2 is 2.15 bits per heavy atom. The van der Waals surface area contributed by atoms with Gasteiger partial charge in [-0.1, -0.05) is 11.6 Å². The fourth-order valence-corrected chi connectivity index (χ4v) is 3.46. The SMILES string of the molecule is CC1(C)O[C@@H]2[C@@H](CC[C@H]2c2nnc3c(Cl)nccn23)O1. The molecule has 1 saturated heterocycles. The molecular formula is C13H15ClN4O2. The molecule has 0 aromatic carbocycles. The number of fused-ring (bicyclic) bond motifs is 2. The number of nitrogens with zero attached hydrogens (tertiary/aromatic N) is 4. The van der Waals surface area contributed by atoms with Crippen LogP contribution in [0.15, 0.2) is 12.4 Å². The topological polar surface area (TPSA) is 61.5 Å². The molecule has 3 heterocycles. The van der Waals surface area contributed by atoms with Crippen molar-refractivity contribution in [3.05, 3.63) is 23.4 Å². The lowest BCUT2D eigenvalue weighted by atomic mass is 10.0. The van der Waals surface area contributed by atoms with Crippen LogP contribution in [-0.2, 0) is 9.47 Å². The second kappa shape index (κ2) is 4.13. The summed E-state index contributed by atoms with van der Waals surface area (Å²) in [4.78, 5) is 4.02. The minimum atomic E-state index is -0.520. The van der Waals surface area contributed by atoms with E-state index in [0.717, 1.165) is 18.7 Å². The van der Waals surface area contributed by atoms with E-state index in [-0.39, 0.29) is 18.1 Å². The van der Waals surface area contributed by atoms with Crippen LogP contribution in [0.2, 0.25) is 5.15 Å². The summed E-state index contributed by atoms with van der Waals surface area (Å²) >= 11 is 6.04. The van der Waals surface area contributed by atoms with Crippen LogP contribution in [0, 0.1) is 0 Å². The zero-order valence-electron chi connectivity index (χ0n) is 11.3. The Hall–Kier alpha value is -1.24. The summed E-state index contributed by atoms with van der Waals surface area (Å²) < 4.78 is 13.9. The van der Waals surface area contributed by atoms with Crippen molar-refractivity contribution in [1.82, 2.24) is 19.6 Å². The van der Waals surface area contributed by atoms with Crippen molar-refractivity contribution >= 4 is 17.2 Å². The van der Waals surface area contributed by atoms with Crippen molar-refractivity contribution < 1.29 is 9.47 Å². The molecular weight excluding hydrogens is 280 g/mol. The maximum absolute atomic E-state index is 6.04. The molecule has 0 bridgehead atoms. The zero-order chi connectivity index (χ0) is 13.9. The molecule has 0 spiro atoms. The van der Waals surface area contributed by atoms with Gasteiger partial charge in [-0.3, -0.25) is 4.40 Å². The molecule has 4 rings (SSSR count). The number of hydrogen-bond acceptors (Lipinski definition) is 5. The van der Waals surface area contributed by atoms with E-state index in [0.29, 0.717) is 10.8 Å². The summed E-state index contributed by atoms with van der Waals surface area (Å²) in [5.41, 5.74) is 0.589. The molecule has 0 amide bonds. The third kappa shape index (κ3) is 1.75. The minimum Gasteiger partial charge on any atom is -0.345 e. The number of halogens is 1. The highest BCUT2D eigenvalue weighted by molar-refractivity contribution is 6.32. The van der Waals surface area contributed by atoms with E-state index >= 15 is 0 Å². The Balaban J connectivity index is 1.75. The molecule has 1 saturated carbocycles. The van der Waals surface area contributed by atoms with Gasteiger partial charge in [-0.15, -0.1) is 10.2 Å². The van der Waals surface area contributed by atoms with E-state index < -0.39 is 5.79 Å². The number of ether oxygens (including phenoxy) is 2. The highest BCUT2D eigenvalue weighted by Gasteiger charge is 2.50. The number of hydrogen-bond donors (Lipinski definition) is 0. The van der Waals surface area contributed by atoms with Crippen LogP contribution < -0.4 is 0 Å². The molecule has 2 aliphatic rings. The van der Waals surface area contributed by atoms with Crippen LogP contribution in [0.1, 0.15) is 38.4 Å². The van der Waals surface area contributed by atoms with Crippen molar-refractivity contribution in [2.24, 2.45) is 0 Å². The van der Waals surface area contributed by atoms with Gasteiger partial charge in [-0.25, -0.2) is 4.98 Å². The monoisotopic (exact) mass is 294 g/mol. The Bertz CT molecular complexity index is 671. The molecule has 2 aromatic heterocycles. The van der Waals surface area contributed by atoms with Gasteiger partial charge in [-0.2, -0.15) is 0 Å². The van der Waals surface area contributed by atoms with Crippen LogP contribution in [-0.4, -0.2) is 37.6 Å². The van der Waals surface area contributed by atoms with Crippen LogP contribution in [0.4, 0.5) is 0 Å². The molecule has 7 heteroatoms. The molecule has 1 aliphatic carbocycles. The van der Waals surface area contributed by atoms with Gasteiger partial charge < -0.3 is 9.47 Å². The molecule has 1 aliphatic heterocycles. The number of rotatable bonds is 1. The van der Waals surface area contributed by atoms with Crippen molar-refractivity contribution in [3.63, 3.8) is 0 Å². The van der Waals surface area contributed by atoms with Crippen molar-refractivity contribution in [2.45, 2.75) is 50.6 Å². The first-order chi connectivity index (χ1) is 9.55. The fraction of sp³-hybridized carbons (Fsp3) is 0.615. The smallest absolute Gasteiger partial charge is 0.198 e. The predicted octanol–water partition coefficient (Wildman–Crippen LogP) is 2.18. The van der Waals surface area contributed by atoms with E-state index in [2.05, 4.69) is 15.2 Å². The summed E-state index contributed by atoms with van der Waals surface area (Å²) in [6, 6.07) is 0. The van der Waals surface area contributed by atoms with Crippen LogP contribution >= 0.6 is 11.6 Å². The Morgan fingerprint density at radius 1 is 1.30 bits per heavy atom. The summed E-state index contributed by atoms with van der Waals surface area (Å²) in [6.07, 6.45) is 5.62. The zero-order valence-corrected chi connectivity index (χ0v) is 12.0. The van der Waals surface area contributed by atoms with Crippen molar-refractivity contribution in [3.8, 4) is 0 Å². The van der Waals surface area contributed by atoms with E-state index in [1.54, 1.807) is 6.20 Å². The fourth-order valence-electron chi connectivity index (χ4n) is 3.28. The first kappa shape index (κ1) is 12.5. The van der Waals surface area contributed by atoms with Gasteiger partial charge in [0.25, 0.3) is 0 Å². The maximum atomic E-state index is 6.04. The second-order valence-corrected chi connectivity index (χ2v) is 6.15.